The van der Waals surface area contributed by atoms with Crippen LogP contribution in [0.5, 0.6) is 0 Å². The third kappa shape index (κ3) is 3.54. The van der Waals surface area contributed by atoms with Gasteiger partial charge in [0.1, 0.15) is 0 Å². The Balaban J connectivity index is 1.43. The van der Waals surface area contributed by atoms with Gasteiger partial charge in [0.2, 0.25) is 11.8 Å². The molecule has 6 nitrogen and oxygen atoms in total. The number of carbonyl (C=O) groups excluding carboxylic acids is 2. The van der Waals surface area contributed by atoms with Crippen molar-refractivity contribution in [2.45, 2.75) is 37.3 Å². The van der Waals surface area contributed by atoms with E-state index in [0.717, 1.165) is 29.7 Å². The fourth-order valence-electron chi connectivity index (χ4n) is 5.47. The molecule has 0 saturated carbocycles. The van der Waals surface area contributed by atoms with Gasteiger partial charge < -0.3 is 19.6 Å². The maximum absolute atomic E-state index is 13.4. The Morgan fingerprint density at radius 1 is 1.00 bits per heavy atom. The first kappa shape index (κ1) is 20.2. The molecule has 5 rings (SSSR count). The van der Waals surface area contributed by atoms with Gasteiger partial charge in [-0.25, -0.2) is 0 Å². The summed E-state index contributed by atoms with van der Waals surface area (Å²) < 4.78 is 5.44. The number of para-hydroxylation sites is 1. The van der Waals surface area contributed by atoms with Crippen molar-refractivity contribution in [2.24, 2.45) is 5.92 Å². The van der Waals surface area contributed by atoms with Gasteiger partial charge in [0, 0.05) is 37.3 Å². The van der Waals surface area contributed by atoms with Gasteiger partial charge in [0.25, 0.3) is 0 Å². The van der Waals surface area contributed by atoms with Gasteiger partial charge in [-0.05, 0) is 30.0 Å². The summed E-state index contributed by atoms with van der Waals surface area (Å²) in [5.41, 5.74) is 2.94. The lowest BCUT2D eigenvalue weighted by Crippen LogP contribution is -2.71. The van der Waals surface area contributed by atoms with Crippen molar-refractivity contribution < 1.29 is 19.4 Å². The third-order valence-electron chi connectivity index (χ3n) is 7.01. The molecule has 0 unspecified atom stereocenters. The van der Waals surface area contributed by atoms with Crippen molar-refractivity contribution in [3.63, 3.8) is 0 Å². The fourth-order valence-corrected chi connectivity index (χ4v) is 5.47. The average molecular weight is 421 g/mol. The Bertz CT molecular complexity index is 957. The molecular formula is C25H28N2O4. The molecule has 2 amide bonds. The molecule has 0 bridgehead atoms. The zero-order chi connectivity index (χ0) is 21.4. The second kappa shape index (κ2) is 8.44. The van der Waals surface area contributed by atoms with E-state index in [0.29, 0.717) is 26.2 Å². The Kier molecular flexibility index (Phi) is 5.50. The Morgan fingerprint density at radius 3 is 2.45 bits per heavy atom. The summed E-state index contributed by atoms with van der Waals surface area (Å²) in [7, 11) is 0. The minimum absolute atomic E-state index is 0.00402. The molecule has 3 aliphatic heterocycles. The zero-order valence-corrected chi connectivity index (χ0v) is 17.5. The van der Waals surface area contributed by atoms with Crippen LogP contribution < -0.4 is 4.90 Å². The molecule has 31 heavy (non-hydrogen) atoms. The fraction of sp³-hybridized carbons (Fsp3) is 0.440. The van der Waals surface area contributed by atoms with Crippen molar-refractivity contribution in [1.29, 1.82) is 0 Å². The average Bonchev–Trinajstić information content (AvgIpc) is 2.80. The van der Waals surface area contributed by atoms with Crippen molar-refractivity contribution in [3.05, 3.63) is 65.7 Å². The molecule has 2 fully saturated rings. The predicted octanol–water partition coefficient (Wildman–Crippen LogP) is 2.36. The number of benzene rings is 2. The number of nitrogens with zero attached hydrogens (tertiary/aromatic N) is 2. The first-order valence-corrected chi connectivity index (χ1v) is 11.1. The van der Waals surface area contributed by atoms with Crippen LogP contribution in [0.3, 0.4) is 0 Å². The highest BCUT2D eigenvalue weighted by Gasteiger charge is 2.55. The maximum Gasteiger partial charge on any atom is 0.230 e. The summed E-state index contributed by atoms with van der Waals surface area (Å²) in [5, 5.41) is 10.1. The number of aliphatic hydroxyl groups excluding tert-OH is 1. The molecule has 0 spiro atoms. The Labute approximate surface area is 182 Å². The monoisotopic (exact) mass is 420 g/mol. The van der Waals surface area contributed by atoms with Crippen LogP contribution in [0.2, 0.25) is 0 Å². The normalized spacial score (nSPS) is 25.4. The van der Waals surface area contributed by atoms with Gasteiger partial charge in [-0.2, -0.15) is 0 Å². The van der Waals surface area contributed by atoms with E-state index in [1.807, 2.05) is 64.4 Å². The predicted molar refractivity (Wildman–Crippen MR) is 117 cm³/mol. The second-order valence-electron chi connectivity index (χ2n) is 8.70. The SMILES string of the molecule is O=C(C1CCOCC1)N1C[C@H]2[C@H](c3ccccc31)[C@H](CO)N2C(=O)Cc1ccccc1. The smallest absolute Gasteiger partial charge is 0.230 e. The summed E-state index contributed by atoms with van der Waals surface area (Å²) in [4.78, 5) is 30.3. The van der Waals surface area contributed by atoms with Crippen molar-refractivity contribution in [1.82, 2.24) is 4.90 Å². The number of aliphatic hydroxyl groups is 1. The molecule has 3 aliphatic rings. The number of carbonyl (C=O) groups is 2. The second-order valence-corrected chi connectivity index (χ2v) is 8.70. The topological polar surface area (TPSA) is 70.1 Å². The molecule has 1 N–H and O–H groups in total. The number of likely N-dealkylation sites (tertiary alicyclic amines) is 1. The first-order valence-electron chi connectivity index (χ1n) is 11.1. The summed E-state index contributed by atoms with van der Waals surface area (Å²) >= 11 is 0. The van der Waals surface area contributed by atoms with E-state index in [9.17, 15) is 14.7 Å². The standard InChI is InChI=1S/C25H28N2O4/c28-16-22-24-19-8-4-5-9-20(19)26(25(30)18-10-12-31-13-11-18)15-21(24)27(22)23(29)14-17-6-2-1-3-7-17/h1-9,18,21-22,24,28H,10-16H2/t21-,22-,24-/m0/s1. The van der Waals surface area contributed by atoms with Gasteiger partial charge in [0.05, 0.1) is 25.1 Å². The highest BCUT2D eigenvalue weighted by atomic mass is 16.5. The number of amides is 2. The van der Waals surface area contributed by atoms with E-state index in [1.165, 1.54) is 0 Å². The quantitative estimate of drug-likeness (QED) is 0.825. The highest BCUT2D eigenvalue weighted by Crippen LogP contribution is 2.48. The van der Waals surface area contributed by atoms with Crippen LogP contribution in [0.25, 0.3) is 0 Å². The molecule has 2 saturated heterocycles. The summed E-state index contributed by atoms with van der Waals surface area (Å²) in [6, 6.07) is 17.3. The molecule has 0 aliphatic carbocycles. The minimum Gasteiger partial charge on any atom is -0.394 e. The van der Waals surface area contributed by atoms with Gasteiger partial charge in [-0.15, -0.1) is 0 Å². The largest absolute Gasteiger partial charge is 0.394 e. The Morgan fingerprint density at radius 2 is 1.71 bits per heavy atom. The summed E-state index contributed by atoms with van der Waals surface area (Å²) in [5.74, 6) is 0.140. The van der Waals surface area contributed by atoms with Gasteiger partial charge in [0.15, 0.2) is 0 Å². The van der Waals surface area contributed by atoms with Crippen LogP contribution in [0.15, 0.2) is 54.6 Å². The minimum atomic E-state index is -0.248. The number of rotatable bonds is 4. The molecule has 3 heterocycles. The van der Waals surface area contributed by atoms with Crippen molar-refractivity contribution in [3.8, 4) is 0 Å². The molecule has 0 radical (unpaired) electrons. The molecule has 0 aromatic heterocycles. The van der Waals surface area contributed by atoms with Crippen LogP contribution in [-0.2, 0) is 20.7 Å². The number of hydrogen-bond donors (Lipinski definition) is 1. The maximum atomic E-state index is 13.4. The van der Waals surface area contributed by atoms with Gasteiger partial charge >= 0.3 is 0 Å². The molecule has 162 valence electrons. The number of fused-ring (bicyclic) bond motifs is 3. The van der Waals surface area contributed by atoms with E-state index < -0.39 is 0 Å². The van der Waals surface area contributed by atoms with Gasteiger partial charge in [-0.3, -0.25) is 9.59 Å². The lowest BCUT2D eigenvalue weighted by molar-refractivity contribution is -0.150. The van der Waals surface area contributed by atoms with E-state index >= 15 is 0 Å². The lowest BCUT2D eigenvalue weighted by atomic mass is 9.71. The van der Waals surface area contributed by atoms with Crippen molar-refractivity contribution in [2.75, 3.05) is 31.3 Å². The van der Waals surface area contributed by atoms with Gasteiger partial charge in [-0.1, -0.05) is 48.5 Å². The van der Waals surface area contributed by atoms with Crippen LogP contribution in [-0.4, -0.2) is 60.3 Å². The molecule has 3 atom stereocenters. The van der Waals surface area contributed by atoms with E-state index in [2.05, 4.69) is 0 Å². The van der Waals surface area contributed by atoms with Crippen LogP contribution in [0, 0.1) is 5.92 Å². The zero-order valence-electron chi connectivity index (χ0n) is 17.5. The van der Waals surface area contributed by atoms with Crippen LogP contribution in [0.4, 0.5) is 5.69 Å². The molecule has 2 aromatic carbocycles. The third-order valence-corrected chi connectivity index (χ3v) is 7.01. The van der Waals surface area contributed by atoms with Crippen molar-refractivity contribution >= 4 is 17.5 Å². The molecule has 2 aromatic rings. The van der Waals surface area contributed by atoms with Crippen LogP contribution >= 0.6 is 0 Å². The first-order chi connectivity index (χ1) is 15.2. The van der Waals surface area contributed by atoms with E-state index in [1.54, 1.807) is 0 Å². The van der Waals surface area contributed by atoms with E-state index in [4.69, 9.17) is 4.74 Å². The van der Waals surface area contributed by atoms with E-state index in [-0.39, 0.29) is 42.3 Å². The molecule has 6 heteroatoms. The summed E-state index contributed by atoms with van der Waals surface area (Å²) in [6.07, 6.45) is 1.78. The lowest BCUT2D eigenvalue weighted by Gasteiger charge is -2.59. The number of hydrogen-bond acceptors (Lipinski definition) is 4. The summed E-state index contributed by atoms with van der Waals surface area (Å²) in [6.45, 7) is 1.64. The molecular weight excluding hydrogens is 392 g/mol. The van der Waals surface area contributed by atoms with Crippen LogP contribution in [0.1, 0.15) is 29.9 Å². The Hall–Kier alpha value is -2.70. The number of ether oxygens (including phenoxy) is 1. The number of anilines is 1. The highest BCUT2D eigenvalue weighted by molar-refractivity contribution is 5.97.